The van der Waals surface area contributed by atoms with E-state index in [9.17, 15) is 4.79 Å². The number of aryl methyl sites for hydroxylation is 1. The second-order valence-corrected chi connectivity index (χ2v) is 7.82. The van der Waals surface area contributed by atoms with Crippen LogP contribution in [-0.4, -0.2) is 65.0 Å². The van der Waals surface area contributed by atoms with Crippen LogP contribution in [0.4, 0.5) is 11.5 Å². The Bertz CT molecular complexity index is 1050. The zero-order valence-electron chi connectivity index (χ0n) is 17.7. The summed E-state index contributed by atoms with van der Waals surface area (Å²) in [6, 6.07) is 5.93. The highest BCUT2D eigenvalue weighted by molar-refractivity contribution is 5.92. The third-order valence-corrected chi connectivity index (χ3v) is 5.60. The van der Waals surface area contributed by atoms with Gasteiger partial charge in [0.1, 0.15) is 23.5 Å². The molecular formula is C22H28N6O2. The number of aromatic nitrogens is 3. The van der Waals surface area contributed by atoms with Crippen LogP contribution in [0.1, 0.15) is 24.0 Å². The van der Waals surface area contributed by atoms with E-state index in [2.05, 4.69) is 32.2 Å². The first-order valence-corrected chi connectivity index (χ1v) is 10.2. The first-order chi connectivity index (χ1) is 14.5. The molecule has 0 unspecified atom stereocenters. The standard InChI is InChI=1S/C22H28N6O2/c1-27-9-4-10-28(2)19(29)8-5-15-11-17(6-7-18(15)30-3)26-22-20-16(13-27)12-23-21(20)24-14-25-22/h6-7,11-12,14H,4-5,8-10,13H2,1-3H3,(H2,23,24,25,26). The van der Waals surface area contributed by atoms with E-state index in [1.807, 2.05) is 36.3 Å². The first-order valence-electron chi connectivity index (χ1n) is 10.2. The molecule has 30 heavy (non-hydrogen) atoms. The average molecular weight is 409 g/mol. The molecule has 0 radical (unpaired) electrons. The maximum absolute atomic E-state index is 12.6. The van der Waals surface area contributed by atoms with Gasteiger partial charge >= 0.3 is 0 Å². The third kappa shape index (κ3) is 4.23. The molecule has 2 bridgehead atoms. The molecule has 0 atom stereocenters. The number of aromatic amines is 1. The van der Waals surface area contributed by atoms with Crippen LogP contribution >= 0.6 is 0 Å². The molecule has 0 saturated heterocycles. The zero-order valence-corrected chi connectivity index (χ0v) is 17.7. The molecule has 0 aliphatic carbocycles. The van der Waals surface area contributed by atoms with Crippen molar-refractivity contribution in [1.29, 1.82) is 0 Å². The molecule has 3 heterocycles. The van der Waals surface area contributed by atoms with Gasteiger partial charge in [0.2, 0.25) is 5.91 Å². The van der Waals surface area contributed by atoms with Crippen molar-refractivity contribution in [1.82, 2.24) is 24.8 Å². The SMILES string of the molecule is COc1ccc2cc1CCC(=O)N(C)CCCN(C)Cc1c[nH]c3ncnc(c13)N2. The number of hydrogen-bond donors (Lipinski definition) is 2. The Kier molecular flexibility index (Phi) is 5.85. The molecule has 0 spiro atoms. The molecule has 0 saturated carbocycles. The first kappa shape index (κ1) is 20.2. The monoisotopic (exact) mass is 408 g/mol. The van der Waals surface area contributed by atoms with Crippen molar-refractivity contribution in [2.24, 2.45) is 0 Å². The van der Waals surface area contributed by atoms with Crippen molar-refractivity contribution in [2.75, 3.05) is 39.6 Å². The van der Waals surface area contributed by atoms with Crippen molar-refractivity contribution in [2.45, 2.75) is 25.8 Å². The quantitative estimate of drug-likeness (QED) is 0.644. The van der Waals surface area contributed by atoms with Crippen LogP contribution in [0, 0.1) is 0 Å². The van der Waals surface area contributed by atoms with Crippen LogP contribution in [0.5, 0.6) is 5.75 Å². The lowest BCUT2D eigenvalue weighted by Crippen LogP contribution is -2.30. The van der Waals surface area contributed by atoms with E-state index in [-0.39, 0.29) is 5.91 Å². The number of benzene rings is 1. The second-order valence-electron chi connectivity index (χ2n) is 7.82. The summed E-state index contributed by atoms with van der Waals surface area (Å²) in [5.41, 5.74) is 3.85. The zero-order chi connectivity index (χ0) is 21.1. The third-order valence-electron chi connectivity index (χ3n) is 5.60. The Morgan fingerprint density at radius 3 is 2.80 bits per heavy atom. The van der Waals surface area contributed by atoms with Gasteiger partial charge in [-0.15, -0.1) is 0 Å². The predicted molar refractivity (Wildman–Crippen MR) is 117 cm³/mol. The predicted octanol–water partition coefficient (Wildman–Crippen LogP) is 2.94. The number of nitrogens with zero attached hydrogens (tertiary/aromatic N) is 4. The molecule has 2 N–H and O–H groups in total. The summed E-state index contributed by atoms with van der Waals surface area (Å²) in [4.78, 5) is 28.8. The highest BCUT2D eigenvalue weighted by atomic mass is 16.5. The molecule has 1 amide bonds. The molecule has 3 aromatic rings. The summed E-state index contributed by atoms with van der Waals surface area (Å²) in [5.74, 6) is 1.70. The van der Waals surface area contributed by atoms with E-state index in [1.165, 1.54) is 0 Å². The number of ether oxygens (including phenoxy) is 1. The Morgan fingerprint density at radius 1 is 1.10 bits per heavy atom. The van der Waals surface area contributed by atoms with E-state index in [1.54, 1.807) is 13.4 Å². The molecule has 0 fully saturated rings. The lowest BCUT2D eigenvalue weighted by atomic mass is 10.1. The highest BCUT2D eigenvalue weighted by Gasteiger charge is 2.16. The van der Waals surface area contributed by atoms with Crippen molar-refractivity contribution < 1.29 is 9.53 Å². The number of amides is 1. The Balaban J connectivity index is 1.74. The number of rotatable bonds is 1. The van der Waals surface area contributed by atoms with E-state index < -0.39 is 0 Å². The minimum Gasteiger partial charge on any atom is -0.496 e. The van der Waals surface area contributed by atoms with Gasteiger partial charge in [0.05, 0.1) is 12.5 Å². The Labute approximate surface area is 176 Å². The van der Waals surface area contributed by atoms with Crippen LogP contribution in [0.15, 0.2) is 30.7 Å². The number of hydrogen-bond acceptors (Lipinski definition) is 6. The molecule has 4 rings (SSSR count). The van der Waals surface area contributed by atoms with E-state index in [4.69, 9.17) is 4.74 Å². The lowest BCUT2D eigenvalue weighted by Gasteiger charge is -2.21. The van der Waals surface area contributed by atoms with Crippen molar-refractivity contribution >= 4 is 28.4 Å². The van der Waals surface area contributed by atoms with Crippen molar-refractivity contribution in [3.63, 3.8) is 0 Å². The molecule has 1 aliphatic rings. The van der Waals surface area contributed by atoms with E-state index >= 15 is 0 Å². The smallest absolute Gasteiger partial charge is 0.222 e. The van der Waals surface area contributed by atoms with Gasteiger partial charge in [-0.1, -0.05) is 0 Å². The van der Waals surface area contributed by atoms with Crippen LogP contribution < -0.4 is 10.1 Å². The molecular weight excluding hydrogens is 380 g/mol. The summed E-state index contributed by atoms with van der Waals surface area (Å²) < 4.78 is 5.52. The Morgan fingerprint density at radius 2 is 1.97 bits per heavy atom. The second kappa shape index (κ2) is 8.71. The maximum Gasteiger partial charge on any atom is 0.222 e. The van der Waals surface area contributed by atoms with E-state index in [0.717, 1.165) is 65.5 Å². The minimum atomic E-state index is 0.149. The van der Waals surface area contributed by atoms with E-state index in [0.29, 0.717) is 12.8 Å². The largest absolute Gasteiger partial charge is 0.496 e. The molecule has 1 aromatic carbocycles. The van der Waals surface area contributed by atoms with Crippen LogP contribution in [0.2, 0.25) is 0 Å². The molecule has 1 aliphatic heterocycles. The number of fused-ring (bicyclic) bond motifs is 2. The summed E-state index contributed by atoms with van der Waals surface area (Å²) in [6.45, 7) is 2.41. The van der Waals surface area contributed by atoms with Gasteiger partial charge in [-0.2, -0.15) is 0 Å². The minimum absolute atomic E-state index is 0.149. The number of methoxy groups -OCH3 is 1. The fourth-order valence-corrected chi connectivity index (χ4v) is 3.94. The lowest BCUT2D eigenvalue weighted by molar-refractivity contribution is -0.129. The summed E-state index contributed by atoms with van der Waals surface area (Å²) >= 11 is 0. The topological polar surface area (TPSA) is 86.4 Å². The van der Waals surface area contributed by atoms with Crippen molar-refractivity contribution in [3.8, 4) is 5.75 Å². The fourth-order valence-electron chi connectivity index (χ4n) is 3.94. The number of anilines is 2. The van der Waals surface area contributed by atoms with Crippen LogP contribution in [0.3, 0.4) is 0 Å². The molecule has 8 heteroatoms. The summed E-state index contributed by atoms with van der Waals surface area (Å²) in [5, 5.41) is 4.44. The average Bonchev–Trinajstić information content (AvgIpc) is 3.15. The number of H-pyrrole nitrogens is 1. The van der Waals surface area contributed by atoms with Gasteiger partial charge in [0.15, 0.2) is 0 Å². The van der Waals surface area contributed by atoms with Gasteiger partial charge in [0.25, 0.3) is 0 Å². The molecule has 2 aromatic heterocycles. The number of carbonyl (C=O) groups excluding carboxylic acids is 1. The van der Waals surface area contributed by atoms with Crippen molar-refractivity contribution in [3.05, 3.63) is 41.9 Å². The van der Waals surface area contributed by atoms with Crippen LogP contribution in [-0.2, 0) is 17.8 Å². The molecule has 8 nitrogen and oxygen atoms in total. The summed E-state index contributed by atoms with van der Waals surface area (Å²) in [7, 11) is 5.63. The normalized spacial score (nSPS) is 16.5. The van der Waals surface area contributed by atoms with Gasteiger partial charge < -0.3 is 24.8 Å². The summed E-state index contributed by atoms with van der Waals surface area (Å²) in [6.07, 6.45) is 5.55. The van der Waals surface area contributed by atoms with Gasteiger partial charge in [-0.05, 0) is 55.8 Å². The van der Waals surface area contributed by atoms with Gasteiger partial charge in [-0.3, -0.25) is 4.79 Å². The Hall–Kier alpha value is -3.13. The fraction of sp³-hybridized carbons (Fsp3) is 0.409. The number of carbonyl (C=O) groups is 1. The molecule has 158 valence electrons. The van der Waals surface area contributed by atoms with Crippen LogP contribution in [0.25, 0.3) is 11.0 Å². The maximum atomic E-state index is 12.6. The van der Waals surface area contributed by atoms with Gasteiger partial charge in [-0.25, -0.2) is 9.97 Å². The highest BCUT2D eigenvalue weighted by Crippen LogP contribution is 2.30. The van der Waals surface area contributed by atoms with Gasteiger partial charge in [0, 0.05) is 38.4 Å². The number of nitrogens with one attached hydrogen (secondary N) is 2.